The highest BCUT2D eigenvalue weighted by Gasteiger charge is 2.72. The number of fused-ring (bicyclic) bond motifs is 2. The van der Waals surface area contributed by atoms with Crippen LogP contribution in [0.15, 0.2) is 12.2 Å². The molecule has 2 aliphatic carbocycles. The van der Waals surface area contributed by atoms with E-state index in [9.17, 15) is 0 Å². The summed E-state index contributed by atoms with van der Waals surface area (Å²) < 4.78 is -1.20. The summed E-state index contributed by atoms with van der Waals surface area (Å²) in [5.41, 5.74) is 0. The quantitative estimate of drug-likeness (QED) is 0.463. The van der Waals surface area contributed by atoms with Crippen molar-refractivity contribution in [2.75, 3.05) is 0 Å². The monoisotopic (exact) mass is 264 g/mol. The summed E-state index contributed by atoms with van der Waals surface area (Å²) >= 11 is 30.4. The molecule has 1 fully saturated rings. The van der Waals surface area contributed by atoms with Gasteiger partial charge in [0.15, 0.2) is 4.33 Å². The van der Waals surface area contributed by atoms with Crippen LogP contribution < -0.4 is 0 Å². The molecule has 0 heterocycles. The predicted octanol–water partition coefficient (Wildman–Crippen LogP) is 3.70. The van der Waals surface area contributed by atoms with Crippen molar-refractivity contribution in [1.82, 2.24) is 0 Å². The van der Waals surface area contributed by atoms with Gasteiger partial charge in [-0.25, -0.2) is 0 Å². The molecule has 0 amide bonds. The highest BCUT2D eigenvalue weighted by Crippen LogP contribution is 2.66. The first-order valence-electron chi connectivity index (χ1n) is 3.44. The standard InChI is InChI=1S/C7H5Cl5/c8-4-3-5(9)1-2-6(4,10)7(5,11)12/h1-2,4H,3H2. The van der Waals surface area contributed by atoms with Gasteiger partial charge in [-0.05, 0) is 6.42 Å². The molecule has 1 saturated carbocycles. The van der Waals surface area contributed by atoms with Crippen molar-refractivity contribution >= 4 is 58.0 Å². The molecule has 0 spiro atoms. The van der Waals surface area contributed by atoms with Crippen LogP contribution in [0.2, 0.25) is 0 Å². The summed E-state index contributed by atoms with van der Waals surface area (Å²) in [5, 5.41) is -0.309. The van der Waals surface area contributed by atoms with Crippen LogP contribution in [0.3, 0.4) is 0 Å². The molecule has 68 valence electrons. The third kappa shape index (κ3) is 0.840. The number of allylic oxidation sites excluding steroid dienone is 2. The maximum Gasteiger partial charge on any atom is 0.164 e. The molecule has 0 radical (unpaired) electrons. The van der Waals surface area contributed by atoms with Crippen molar-refractivity contribution in [1.29, 1.82) is 0 Å². The molecule has 0 aliphatic heterocycles. The lowest BCUT2D eigenvalue weighted by Gasteiger charge is -2.30. The van der Waals surface area contributed by atoms with Crippen LogP contribution in [0, 0.1) is 0 Å². The molecule has 3 unspecified atom stereocenters. The molecular formula is C7H5Cl5. The number of alkyl halides is 5. The second-order valence-electron chi connectivity index (χ2n) is 3.21. The Labute approximate surface area is 95.7 Å². The zero-order chi connectivity index (χ0) is 9.20. The molecule has 0 aromatic rings. The maximum absolute atomic E-state index is 6.16. The first-order chi connectivity index (χ1) is 5.33. The van der Waals surface area contributed by atoms with Gasteiger partial charge >= 0.3 is 0 Å². The van der Waals surface area contributed by atoms with Crippen LogP contribution in [0.25, 0.3) is 0 Å². The maximum atomic E-state index is 6.16. The fraction of sp³-hybridized carbons (Fsp3) is 0.714. The van der Waals surface area contributed by atoms with Gasteiger partial charge in [0.25, 0.3) is 0 Å². The Bertz CT molecular complexity index is 261. The van der Waals surface area contributed by atoms with Gasteiger partial charge in [0.2, 0.25) is 0 Å². The molecule has 0 aromatic heterocycles. The molecular weight excluding hydrogens is 261 g/mol. The van der Waals surface area contributed by atoms with Gasteiger partial charge in [0.05, 0.1) is 10.3 Å². The van der Waals surface area contributed by atoms with E-state index >= 15 is 0 Å². The van der Waals surface area contributed by atoms with Crippen molar-refractivity contribution in [2.45, 2.75) is 25.9 Å². The molecule has 0 N–H and O–H groups in total. The van der Waals surface area contributed by atoms with E-state index in [0.717, 1.165) is 0 Å². The lowest BCUT2D eigenvalue weighted by atomic mass is 10.1. The van der Waals surface area contributed by atoms with Gasteiger partial charge < -0.3 is 0 Å². The van der Waals surface area contributed by atoms with Crippen LogP contribution in [0.5, 0.6) is 0 Å². The first-order valence-corrected chi connectivity index (χ1v) is 5.38. The number of rotatable bonds is 0. The van der Waals surface area contributed by atoms with Gasteiger partial charge in [-0.3, -0.25) is 0 Å². The topological polar surface area (TPSA) is 0 Å². The summed E-state index contributed by atoms with van der Waals surface area (Å²) in [5.74, 6) is 0. The molecule has 0 nitrogen and oxygen atoms in total. The van der Waals surface area contributed by atoms with Crippen LogP contribution in [0.4, 0.5) is 0 Å². The van der Waals surface area contributed by atoms with Crippen LogP contribution >= 0.6 is 58.0 Å². The minimum absolute atomic E-state index is 0.309. The van der Waals surface area contributed by atoms with E-state index in [1.165, 1.54) is 0 Å². The van der Waals surface area contributed by atoms with Crippen LogP contribution in [0.1, 0.15) is 6.42 Å². The Balaban J connectivity index is 2.56. The molecule has 3 atom stereocenters. The molecule has 12 heavy (non-hydrogen) atoms. The molecule has 2 bridgehead atoms. The zero-order valence-corrected chi connectivity index (χ0v) is 9.61. The second-order valence-corrected chi connectivity index (χ2v) is 6.36. The van der Waals surface area contributed by atoms with Crippen molar-refractivity contribution < 1.29 is 0 Å². The molecule has 5 heteroatoms. The molecule has 2 aliphatic rings. The highest BCUT2D eigenvalue weighted by atomic mass is 35.5. The van der Waals surface area contributed by atoms with E-state index in [1.54, 1.807) is 12.2 Å². The van der Waals surface area contributed by atoms with Crippen molar-refractivity contribution in [2.24, 2.45) is 0 Å². The average Bonchev–Trinajstić information content (AvgIpc) is 2.18. The summed E-state index contributed by atoms with van der Waals surface area (Å²) in [6, 6.07) is 0. The number of halogens is 5. The van der Waals surface area contributed by atoms with Gasteiger partial charge in [-0.2, -0.15) is 0 Å². The van der Waals surface area contributed by atoms with Crippen LogP contribution in [-0.2, 0) is 0 Å². The molecule has 0 aromatic carbocycles. The fourth-order valence-electron chi connectivity index (χ4n) is 1.69. The Hall–Kier alpha value is 1.19. The Morgan fingerprint density at radius 2 is 1.67 bits per heavy atom. The van der Waals surface area contributed by atoms with E-state index in [-0.39, 0.29) is 5.38 Å². The van der Waals surface area contributed by atoms with E-state index in [2.05, 4.69) is 0 Å². The lowest BCUT2D eigenvalue weighted by molar-refractivity contribution is 0.692. The summed E-state index contributed by atoms with van der Waals surface area (Å²) in [7, 11) is 0. The van der Waals surface area contributed by atoms with Crippen LogP contribution in [-0.4, -0.2) is 19.5 Å². The van der Waals surface area contributed by atoms with E-state index < -0.39 is 14.1 Å². The fourth-order valence-corrected chi connectivity index (χ4v) is 3.76. The van der Waals surface area contributed by atoms with E-state index in [1.807, 2.05) is 0 Å². The third-order valence-corrected chi connectivity index (χ3v) is 6.06. The summed E-state index contributed by atoms with van der Waals surface area (Å²) in [6.07, 6.45) is 3.94. The lowest BCUT2D eigenvalue weighted by Crippen LogP contribution is -2.43. The second kappa shape index (κ2) is 2.41. The highest BCUT2D eigenvalue weighted by molar-refractivity contribution is 6.61. The summed E-state index contributed by atoms with van der Waals surface area (Å²) in [6.45, 7) is 0. The third-order valence-electron chi connectivity index (χ3n) is 2.53. The van der Waals surface area contributed by atoms with Crippen molar-refractivity contribution in [3.05, 3.63) is 12.2 Å². The smallest absolute Gasteiger partial charge is 0.121 e. The average molecular weight is 266 g/mol. The minimum atomic E-state index is -1.20. The summed E-state index contributed by atoms with van der Waals surface area (Å²) in [4.78, 5) is -1.72. The minimum Gasteiger partial charge on any atom is -0.121 e. The normalized spacial score (nSPS) is 54.9. The number of hydrogen-bond donors (Lipinski definition) is 0. The van der Waals surface area contributed by atoms with Gasteiger partial charge in [-0.1, -0.05) is 35.4 Å². The largest absolute Gasteiger partial charge is 0.164 e. The predicted molar refractivity (Wildman–Crippen MR) is 55.0 cm³/mol. The van der Waals surface area contributed by atoms with E-state index in [0.29, 0.717) is 6.42 Å². The van der Waals surface area contributed by atoms with Crippen molar-refractivity contribution in [3.63, 3.8) is 0 Å². The SMILES string of the molecule is ClC1CC2(Cl)C=CC1(Cl)C2(Cl)Cl. The number of hydrogen-bond acceptors (Lipinski definition) is 0. The first kappa shape index (κ1) is 9.73. The zero-order valence-electron chi connectivity index (χ0n) is 5.83. The van der Waals surface area contributed by atoms with Gasteiger partial charge in [0.1, 0.15) is 4.87 Å². The van der Waals surface area contributed by atoms with E-state index in [4.69, 9.17) is 58.0 Å². The van der Waals surface area contributed by atoms with Gasteiger partial charge in [0, 0.05) is 0 Å². The Kier molecular flexibility index (Phi) is 1.95. The Morgan fingerprint density at radius 3 is 1.83 bits per heavy atom. The molecule has 0 saturated heterocycles. The van der Waals surface area contributed by atoms with Gasteiger partial charge in [-0.15, -0.1) is 34.8 Å². The van der Waals surface area contributed by atoms with Crippen molar-refractivity contribution in [3.8, 4) is 0 Å². The Morgan fingerprint density at radius 1 is 1.08 bits per heavy atom. The molecule has 2 rings (SSSR count).